The fourth-order valence-corrected chi connectivity index (χ4v) is 4.14. The normalized spacial score (nSPS) is 14.9. The van der Waals surface area contributed by atoms with E-state index in [0.29, 0.717) is 24.0 Å². The standard InChI is InChI=1S/C25H34FNO/c1-2-3-4-5-6-10-19-28-24-18-17-23(25(26)27-24)22-15-13-21(14-16-22)20-11-8-7-9-12-20/h13-18,20H,2-12,19H2,1H3. The van der Waals surface area contributed by atoms with Crippen LogP contribution in [0.3, 0.4) is 0 Å². The van der Waals surface area contributed by atoms with E-state index in [1.807, 2.05) is 12.1 Å². The molecule has 1 heterocycles. The fraction of sp³-hybridized carbons (Fsp3) is 0.560. The summed E-state index contributed by atoms with van der Waals surface area (Å²) in [5.41, 5.74) is 2.81. The van der Waals surface area contributed by atoms with Crippen LogP contribution in [-0.2, 0) is 0 Å². The zero-order chi connectivity index (χ0) is 19.6. The largest absolute Gasteiger partial charge is 0.478 e. The van der Waals surface area contributed by atoms with Crippen molar-refractivity contribution in [2.24, 2.45) is 0 Å². The van der Waals surface area contributed by atoms with Crippen LogP contribution in [0.15, 0.2) is 36.4 Å². The third-order valence-electron chi connectivity index (χ3n) is 5.87. The first kappa shape index (κ1) is 20.8. The van der Waals surface area contributed by atoms with Crippen molar-refractivity contribution in [3.8, 4) is 17.0 Å². The van der Waals surface area contributed by atoms with Gasteiger partial charge in [0.15, 0.2) is 0 Å². The number of nitrogens with zero attached hydrogens (tertiary/aromatic N) is 1. The van der Waals surface area contributed by atoms with E-state index in [-0.39, 0.29) is 0 Å². The quantitative estimate of drug-likeness (QED) is 0.310. The van der Waals surface area contributed by atoms with Crippen LogP contribution in [0.1, 0.15) is 89.0 Å². The Morgan fingerprint density at radius 1 is 0.893 bits per heavy atom. The number of rotatable bonds is 10. The van der Waals surface area contributed by atoms with E-state index in [0.717, 1.165) is 18.4 Å². The third kappa shape index (κ3) is 6.05. The summed E-state index contributed by atoms with van der Waals surface area (Å²) >= 11 is 0. The highest BCUT2D eigenvalue weighted by Gasteiger charge is 2.16. The van der Waals surface area contributed by atoms with E-state index in [2.05, 4.69) is 24.0 Å². The SMILES string of the molecule is CCCCCCCCOc1ccc(-c2ccc(C3CCCCC3)cc2)c(F)n1. The molecule has 1 aromatic heterocycles. The van der Waals surface area contributed by atoms with Crippen LogP contribution >= 0.6 is 0 Å². The zero-order valence-electron chi connectivity index (χ0n) is 17.3. The van der Waals surface area contributed by atoms with Crippen LogP contribution in [0.2, 0.25) is 0 Å². The van der Waals surface area contributed by atoms with Gasteiger partial charge in [-0.3, -0.25) is 0 Å². The van der Waals surface area contributed by atoms with Crippen molar-refractivity contribution < 1.29 is 9.13 Å². The lowest BCUT2D eigenvalue weighted by molar-refractivity contribution is 0.289. The smallest absolute Gasteiger partial charge is 0.224 e. The molecule has 152 valence electrons. The lowest BCUT2D eigenvalue weighted by Gasteiger charge is -2.22. The van der Waals surface area contributed by atoms with E-state index >= 15 is 0 Å². The summed E-state index contributed by atoms with van der Waals surface area (Å²) < 4.78 is 20.1. The number of ether oxygens (including phenoxy) is 1. The van der Waals surface area contributed by atoms with Gasteiger partial charge in [-0.1, -0.05) is 82.6 Å². The van der Waals surface area contributed by atoms with Gasteiger partial charge in [-0.2, -0.15) is 9.37 Å². The van der Waals surface area contributed by atoms with Gasteiger partial charge in [0.05, 0.1) is 6.61 Å². The third-order valence-corrected chi connectivity index (χ3v) is 5.87. The van der Waals surface area contributed by atoms with Crippen molar-refractivity contribution in [2.45, 2.75) is 83.5 Å². The molecule has 2 nitrogen and oxygen atoms in total. The first-order chi connectivity index (χ1) is 13.8. The Bertz CT molecular complexity index is 707. The number of unbranched alkanes of at least 4 members (excludes halogenated alkanes) is 5. The summed E-state index contributed by atoms with van der Waals surface area (Å²) in [7, 11) is 0. The van der Waals surface area contributed by atoms with Gasteiger partial charge < -0.3 is 4.74 Å². The summed E-state index contributed by atoms with van der Waals surface area (Å²) in [5.74, 6) is 0.600. The molecule has 3 heteroatoms. The van der Waals surface area contributed by atoms with Crippen LogP contribution in [0.25, 0.3) is 11.1 Å². The van der Waals surface area contributed by atoms with Crippen molar-refractivity contribution in [1.82, 2.24) is 4.98 Å². The number of pyridine rings is 1. The van der Waals surface area contributed by atoms with E-state index in [1.54, 1.807) is 12.1 Å². The highest BCUT2D eigenvalue weighted by atomic mass is 19.1. The second-order valence-corrected chi connectivity index (χ2v) is 8.06. The molecule has 0 radical (unpaired) electrons. The van der Waals surface area contributed by atoms with E-state index in [1.165, 1.54) is 63.4 Å². The van der Waals surface area contributed by atoms with Gasteiger partial charge in [0.25, 0.3) is 0 Å². The molecule has 1 fully saturated rings. The van der Waals surface area contributed by atoms with Gasteiger partial charge >= 0.3 is 0 Å². The van der Waals surface area contributed by atoms with Gasteiger partial charge in [-0.25, -0.2) is 0 Å². The van der Waals surface area contributed by atoms with Crippen LogP contribution in [0, 0.1) is 5.95 Å². The Kier molecular flexibility index (Phi) is 8.32. The van der Waals surface area contributed by atoms with Gasteiger partial charge in [0.2, 0.25) is 11.8 Å². The second kappa shape index (κ2) is 11.2. The molecule has 1 saturated carbocycles. The monoisotopic (exact) mass is 383 g/mol. The minimum absolute atomic E-state index is 0.383. The Hall–Kier alpha value is -1.90. The average molecular weight is 384 g/mol. The number of hydrogen-bond acceptors (Lipinski definition) is 2. The summed E-state index contributed by atoms with van der Waals surface area (Å²) in [6.45, 7) is 2.83. The molecule has 0 bridgehead atoms. The maximum absolute atomic E-state index is 14.5. The number of halogens is 1. The molecule has 2 aromatic rings. The summed E-state index contributed by atoms with van der Waals surface area (Å²) in [6.07, 6.45) is 13.8. The van der Waals surface area contributed by atoms with Crippen LogP contribution < -0.4 is 4.74 Å². The van der Waals surface area contributed by atoms with Gasteiger partial charge in [0.1, 0.15) is 0 Å². The molecule has 1 aromatic carbocycles. The molecule has 0 spiro atoms. The zero-order valence-corrected chi connectivity index (χ0v) is 17.3. The molecule has 0 amide bonds. The molecular formula is C25H34FNO. The Morgan fingerprint density at radius 2 is 1.61 bits per heavy atom. The van der Waals surface area contributed by atoms with Crippen LogP contribution in [0.5, 0.6) is 5.88 Å². The molecule has 0 aliphatic heterocycles. The molecule has 0 N–H and O–H groups in total. The Morgan fingerprint density at radius 3 is 2.32 bits per heavy atom. The molecule has 1 aliphatic rings. The summed E-state index contributed by atoms with van der Waals surface area (Å²) in [4.78, 5) is 4.02. The maximum Gasteiger partial charge on any atom is 0.224 e. The number of hydrogen-bond donors (Lipinski definition) is 0. The molecule has 0 atom stereocenters. The second-order valence-electron chi connectivity index (χ2n) is 8.06. The fourth-order valence-electron chi connectivity index (χ4n) is 4.14. The summed E-state index contributed by atoms with van der Waals surface area (Å²) in [6, 6.07) is 11.9. The van der Waals surface area contributed by atoms with Crippen molar-refractivity contribution in [3.63, 3.8) is 0 Å². The molecule has 28 heavy (non-hydrogen) atoms. The van der Waals surface area contributed by atoms with Gasteiger partial charge in [0, 0.05) is 11.6 Å². The van der Waals surface area contributed by atoms with E-state index in [4.69, 9.17) is 4.74 Å². The van der Waals surface area contributed by atoms with Crippen molar-refractivity contribution in [3.05, 3.63) is 47.9 Å². The van der Waals surface area contributed by atoms with Gasteiger partial charge in [-0.05, 0) is 42.4 Å². The van der Waals surface area contributed by atoms with Crippen molar-refractivity contribution in [1.29, 1.82) is 0 Å². The molecular weight excluding hydrogens is 349 g/mol. The predicted octanol–water partition coefficient (Wildman–Crippen LogP) is 7.67. The van der Waals surface area contributed by atoms with Crippen molar-refractivity contribution in [2.75, 3.05) is 6.61 Å². The first-order valence-corrected chi connectivity index (χ1v) is 11.2. The number of aromatic nitrogens is 1. The minimum atomic E-state index is -0.453. The molecule has 1 aliphatic carbocycles. The average Bonchev–Trinajstić information content (AvgIpc) is 2.74. The number of benzene rings is 1. The highest BCUT2D eigenvalue weighted by Crippen LogP contribution is 2.34. The summed E-state index contributed by atoms with van der Waals surface area (Å²) in [5, 5.41) is 0. The Labute approximate surface area is 169 Å². The molecule has 3 rings (SSSR count). The minimum Gasteiger partial charge on any atom is -0.478 e. The van der Waals surface area contributed by atoms with Crippen LogP contribution in [-0.4, -0.2) is 11.6 Å². The molecule has 0 unspecified atom stereocenters. The van der Waals surface area contributed by atoms with E-state index < -0.39 is 5.95 Å². The van der Waals surface area contributed by atoms with Gasteiger partial charge in [-0.15, -0.1) is 0 Å². The van der Waals surface area contributed by atoms with Crippen molar-refractivity contribution >= 4 is 0 Å². The predicted molar refractivity (Wildman–Crippen MR) is 114 cm³/mol. The molecule has 0 saturated heterocycles. The lowest BCUT2D eigenvalue weighted by Crippen LogP contribution is -2.04. The van der Waals surface area contributed by atoms with E-state index in [9.17, 15) is 4.39 Å². The topological polar surface area (TPSA) is 22.1 Å². The lowest BCUT2D eigenvalue weighted by atomic mass is 9.84. The highest BCUT2D eigenvalue weighted by molar-refractivity contribution is 5.63. The van der Waals surface area contributed by atoms with Crippen LogP contribution in [0.4, 0.5) is 4.39 Å². The first-order valence-electron chi connectivity index (χ1n) is 11.2. The Balaban J connectivity index is 1.52. The maximum atomic E-state index is 14.5.